The second kappa shape index (κ2) is 5.85. The van der Waals surface area contributed by atoms with E-state index in [4.69, 9.17) is 9.26 Å². The molecule has 0 radical (unpaired) electrons. The second-order valence-corrected chi connectivity index (χ2v) is 5.74. The molecule has 1 aromatic carbocycles. The average molecular weight is 287 g/mol. The lowest BCUT2D eigenvalue weighted by Crippen LogP contribution is -2.15. The van der Waals surface area contributed by atoms with Crippen LogP contribution in [0.1, 0.15) is 41.2 Å². The second-order valence-electron chi connectivity index (χ2n) is 5.74. The number of aryl methyl sites for hydroxylation is 3. The Morgan fingerprint density at radius 2 is 1.95 bits per heavy atom. The number of hydrogen-bond acceptors (Lipinski definition) is 5. The fraction of sp³-hybridized carbons (Fsp3) is 0.500. The Bertz CT molecular complexity index is 609. The van der Waals surface area contributed by atoms with Gasteiger partial charge in [-0.25, -0.2) is 0 Å². The summed E-state index contributed by atoms with van der Waals surface area (Å²) in [6.07, 6.45) is 2.62. The summed E-state index contributed by atoms with van der Waals surface area (Å²) in [6, 6.07) is 5.08. The minimum atomic E-state index is 0.308. The number of nitrogens with zero attached hydrogens (tertiary/aromatic N) is 2. The molecule has 0 aliphatic heterocycles. The molecule has 1 aromatic heterocycles. The Morgan fingerprint density at radius 1 is 1.24 bits per heavy atom. The van der Waals surface area contributed by atoms with Crippen molar-refractivity contribution in [1.82, 2.24) is 15.5 Å². The van der Waals surface area contributed by atoms with Crippen LogP contribution in [0, 0.1) is 20.8 Å². The minimum absolute atomic E-state index is 0.308. The van der Waals surface area contributed by atoms with Crippen LogP contribution in [0.25, 0.3) is 0 Å². The molecule has 0 atom stereocenters. The van der Waals surface area contributed by atoms with Gasteiger partial charge in [0, 0.05) is 12.6 Å². The van der Waals surface area contributed by atoms with Gasteiger partial charge in [-0.3, -0.25) is 0 Å². The van der Waals surface area contributed by atoms with Gasteiger partial charge in [-0.05, 0) is 50.3 Å². The molecule has 1 heterocycles. The predicted octanol–water partition coefficient (Wildman–Crippen LogP) is 2.83. The molecule has 1 aliphatic carbocycles. The van der Waals surface area contributed by atoms with Gasteiger partial charge in [0.05, 0.1) is 0 Å². The van der Waals surface area contributed by atoms with Crippen molar-refractivity contribution in [1.29, 1.82) is 0 Å². The SMILES string of the molecule is Cc1noc(COc2c(C)cc(CNC3CC3)cc2C)n1. The lowest BCUT2D eigenvalue weighted by molar-refractivity contribution is 0.240. The third kappa shape index (κ3) is 3.61. The maximum absolute atomic E-state index is 5.84. The summed E-state index contributed by atoms with van der Waals surface area (Å²) >= 11 is 0. The quantitative estimate of drug-likeness (QED) is 0.885. The molecule has 21 heavy (non-hydrogen) atoms. The number of hydrogen-bond donors (Lipinski definition) is 1. The highest BCUT2D eigenvalue weighted by Crippen LogP contribution is 2.26. The summed E-state index contributed by atoms with van der Waals surface area (Å²) in [5.41, 5.74) is 3.58. The highest BCUT2D eigenvalue weighted by Gasteiger charge is 2.20. The standard InChI is InChI=1S/C16H21N3O2/c1-10-6-13(8-17-14-4-5-14)7-11(2)16(10)20-9-15-18-12(3)19-21-15/h6-7,14,17H,4-5,8-9H2,1-3H3. The molecule has 0 bridgehead atoms. The molecule has 112 valence electrons. The van der Waals surface area contributed by atoms with Crippen molar-refractivity contribution in [2.24, 2.45) is 0 Å². The maximum Gasteiger partial charge on any atom is 0.264 e. The number of ether oxygens (including phenoxy) is 1. The van der Waals surface area contributed by atoms with Crippen molar-refractivity contribution in [3.05, 3.63) is 40.5 Å². The van der Waals surface area contributed by atoms with E-state index in [0.717, 1.165) is 29.5 Å². The molecule has 5 nitrogen and oxygen atoms in total. The first-order chi connectivity index (χ1) is 10.1. The van der Waals surface area contributed by atoms with E-state index in [-0.39, 0.29) is 0 Å². The van der Waals surface area contributed by atoms with E-state index >= 15 is 0 Å². The monoisotopic (exact) mass is 287 g/mol. The van der Waals surface area contributed by atoms with Crippen molar-refractivity contribution in [2.75, 3.05) is 0 Å². The average Bonchev–Trinajstić information content (AvgIpc) is 3.17. The lowest BCUT2D eigenvalue weighted by Gasteiger charge is -2.13. The molecule has 0 unspecified atom stereocenters. The van der Waals surface area contributed by atoms with Crippen molar-refractivity contribution in [3.8, 4) is 5.75 Å². The minimum Gasteiger partial charge on any atom is -0.483 e. The summed E-state index contributed by atoms with van der Waals surface area (Å²) < 4.78 is 10.9. The lowest BCUT2D eigenvalue weighted by atomic mass is 10.1. The summed E-state index contributed by atoms with van der Waals surface area (Å²) in [5.74, 6) is 2.04. The molecule has 5 heteroatoms. The Balaban J connectivity index is 1.66. The topological polar surface area (TPSA) is 60.2 Å². The van der Waals surface area contributed by atoms with Gasteiger partial charge >= 0.3 is 0 Å². The van der Waals surface area contributed by atoms with E-state index in [0.29, 0.717) is 18.3 Å². The molecular weight excluding hydrogens is 266 g/mol. The van der Waals surface area contributed by atoms with E-state index in [2.05, 4.69) is 41.4 Å². The van der Waals surface area contributed by atoms with E-state index in [1.165, 1.54) is 18.4 Å². The zero-order valence-electron chi connectivity index (χ0n) is 12.8. The van der Waals surface area contributed by atoms with Crippen molar-refractivity contribution in [3.63, 3.8) is 0 Å². The Labute approximate surface area is 124 Å². The van der Waals surface area contributed by atoms with Gasteiger partial charge in [-0.2, -0.15) is 4.98 Å². The molecule has 1 aliphatic rings. The number of aromatic nitrogens is 2. The first kappa shape index (κ1) is 14.1. The van der Waals surface area contributed by atoms with Crippen LogP contribution >= 0.6 is 0 Å². The molecule has 0 saturated heterocycles. The third-order valence-corrected chi connectivity index (χ3v) is 3.60. The van der Waals surface area contributed by atoms with Gasteiger partial charge in [0.2, 0.25) is 0 Å². The van der Waals surface area contributed by atoms with E-state index < -0.39 is 0 Å². The van der Waals surface area contributed by atoms with Crippen molar-refractivity contribution in [2.45, 2.75) is 52.8 Å². The molecule has 1 fully saturated rings. The smallest absolute Gasteiger partial charge is 0.264 e. The predicted molar refractivity (Wildman–Crippen MR) is 79.1 cm³/mol. The molecule has 0 spiro atoms. The Morgan fingerprint density at radius 3 is 2.52 bits per heavy atom. The molecule has 1 saturated carbocycles. The first-order valence-electron chi connectivity index (χ1n) is 7.37. The van der Waals surface area contributed by atoms with Crippen LogP contribution in [0.5, 0.6) is 5.75 Å². The van der Waals surface area contributed by atoms with Crippen LogP contribution in [0.2, 0.25) is 0 Å². The largest absolute Gasteiger partial charge is 0.483 e. The summed E-state index contributed by atoms with van der Waals surface area (Å²) in [5, 5.41) is 7.29. The van der Waals surface area contributed by atoms with Gasteiger partial charge < -0.3 is 14.6 Å². The molecule has 2 aromatic rings. The van der Waals surface area contributed by atoms with Crippen molar-refractivity contribution < 1.29 is 9.26 Å². The van der Waals surface area contributed by atoms with Gasteiger partial charge in [-0.15, -0.1) is 0 Å². The Kier molecular flexibility index (Phi) is 3.92. The van der Waals surface area contributed by atoms with Crippen LogP contribution in [-0.4, -0.2) is 16.2 Å². The molecule has 1 N–H and O–H groups in total. The number of rotatable bonds is 6. The van der Waals surface area contributed by atoms with Crippen LogP contribution in [0.3, 0.4) is 0 Å². The molecule has 3 rings (SSSR count). The van der Waals surface area contributed by atoms with Gasteiger partial charge in [-0.1, -0.05) is 17.3 Å². The number of benzene rings is 1. The van der Waals surface area contributed by atoms with Gasteiger partial charge in [0.25, 0.3) is 5.89 Å². The summed E-state index contributed by atoms with van der Waals surface area (Å²) in [7, 11) is 0. The first-order valence-corrected chi connectivity index (χ1v) is 7.37. The van der Waals surface area contributed by atoms with Gasteiger partial charge in [0.15, 0.2) is 12.4 Å². The maximum atomic E-state index is 5.84. The Hall–Kier alpha value is -1.88. The van der Waals surface area contributed by atoms with E-state index in [1.807, 2.05) is 0 Å². The van der Waals surface area contributed by atoms with E-state index in [9.17, 15) is 0 Å². The summed E-state index contributed by atoms with van der Waals surface area (Å²) in [6.45, 7) is 7.17. The van der Waals surface area contributed by atoms with Crippen LogP contribution in [0.4, 0.5) is 0 Å². The molecule has 0 amide bonds. The van der Waals surface area contributed by atoms with Gasteiger partial charge in [0.1, 0.15) is 5.75 Å². The van der Waals surface area contributed by atoms with Crippen LogP contribution in [0.15, 0.2) is 16.7 Å². The van der Waals surface area contributed by atoms with E-state index in [1.54, 1.807) is 6.92 Å². The number of nitrogens with one attached hydrogen (secondary N) is 1. The summed E-state index contributed by atoms with van der Waals surface area (Å²) in [4.78, 5) is 4.15. The third-order valence-electron chi connectivity index (χ3n) is 3.60. The fourth-order valence-corrected chi connectivity index (χ4v) is 2.45. The van der Waals surface area contributed by atoms with Crippen LogP contribution in [-0.2, 0) is 13.2 Å². The van der Waals surface area contributed by atoms with Crippen molar-refractivity contribution >= 4 is 0 Å². The zero-order valence-corrected chi connectivity index (χ0v) is 12.8. The fourth-order valence-electron chi connectivity index (χ4n) is 2.45. The van der Waals surface area contributed by atoms with Crippen LogP contribution < -0.4 is 10.1 Å². The normalized spacial score (nSPS) is 14.4. The highest BCUT2D eigenvalue weighted by atomic mass is 16.5. The highest BCUT2D eigenvalue weighted by molar-refractivity contribution is 5.43. The zero-order chi connectivity index (χ0) is 14.8. The molecular formula is C16H21N3O2.